The molecule has 0 bridgehead atoms. The van der Waals surface area contributed by atoms with E-state index in [-0.39, 0.29) is 18.4 Å². The summed E-state index contributed by atoms with van der Waals surface area (Å²) in [6.07, 6.45) is 4.34. The molecule has 0 radical (unpaired) electrons. The summed E-state index contributed by atoms with van der Waals surface area (Å²) in [5.41, 5.74) is 1.48. The number of nitrogens with one attached hydrogen (secondary N) is 1. The Morgan fingerprint density at radius 1 is 0.971 bits per heavy atom. The fourth-order valence-electron chi connectivity index (χ4n) is 3.75. The molecular formula is C27H32N2O6. The van der Waals surface area contributed by atoms with Gasteiger partial charge in [0.05, 0.1) is 19.1 Å². The lowest BCUT2D eigenvalue weighted by atomic mass is 9.97. The predicted molar refractivity (Wildman–Crippen MR) is 133 cm³/mol. The highest BCUT2D eigenvalue weighted by atomic mass is 16.5. The van der Waals surface area contributed by atoms with Gasteiger partial charge in [-0.1, -0.05) is 30.3 Å². The first-order valence-corrected chi connectivity index (χ1v) is 11.9. The van der Waals surface area contributed by atoms with Crippen molar-refractivity contribution >= 4 is 29.5 Å². The van der Waals surface area contributed by atoms with Crippen molar-refractivity contribution in [3.8, 4) is 11.5 Å². The molecule has 8 nitrogen and oxygen atoms in total. The molecule has 1 aliphatic rings. The summed E-state index contributed by atoms with van der Waals surface area (Å²) in [4.78, 5) is 38.9. The third-order valence-electron chi connectivity index (χ3n) is 5.53. The van der Waals surface area contributed by atoms with E-state index in [1.165, 1.54) is 0 Å². The first kappa shape index (κ1) is 25.8. The zero-order valence-electron chi connectivity index (χ0n) is 20.2. The van der Waals surface area contributed by atoms with Crippen molar-refractivity contribution in [2.75, 3.05) is 38.2 Å². The maximum atomic E-state index is 12.4. The lowest BCUT2D eigenvalue weighted by molar-refractivity contribution is -0.153. The van der Waals surface area contributed by atoms with Gasteiger partial charge >= 0.3 is 5.97 Å². The summed E-state index contributed by atoms with van der Waals surface area (Å²) in [6, 6.07) is 14.7. The van der Waals surface area contributed by atoms with Gasteiger partial charge in [0.2, 0.25) is 5.91 Å². The normalized spacial score (nSPS) is 13.9. The number of benzene rings is 2. The summed E-state index contributed by atoms with van der Waals surface area (Å²) in [7, 11) is 0. The van der Waals surface area contributed by atoms with Crippen LogP contribution < -0.4 is 14.8 Å². The monoisotopic (exact) mass is 480 g/mol. The third kappa shape index (κ3) is 7.88. The van der Waals surface area contributed by atoms with Gasteiger partial charge in [0, 0.05) is 30.9 Å². The number of carbonyl (C=O) groups excluding carboxylic acids is 3. The van der Waals surface area contributed by atoms with E-state index in [4.69, 9.17) is 14.2 Å². The van der Waals surface area contributed by atoms with Crippen molar-refractivity contribution in [1.82, 2.24) is 4.90 Å². The van der Waals surface area contributed by atoms with E-state index in [0.29, 0.717) is 56.3 Å². The van der Waals surface area contributed by atoms with Crippen molar-refractivity contribution < 1.29 is 28.6 Å². The maximum absolute atomic E-state index is 12.4. The first-order chi connectivity index (χ1) is 17.0. The highest BCUT2D eigenvalue weighted by molar-refractivity contribution is 5.93. The maximum Gasteiger partial charge on any atom is 0.309 e. The molecule has 1 aliphatic heterocycles. The molecule has 1 N–H and O–H groups in total. The van der Waals surface area contributed by atoms with Crippen molar-refractivity contribution in [3.63, 3.8) is 0 Å². The number of hydrogen-bond acceptors (Lipinski definition) is 6. The number of amides is 2. The Kier molecular flexibility index (Phi) is 9.71. The average Bonchev–Trinajstić information content (AvgIpc) is 2.88. The smallest absolute Gasteiger partial charge is 0.309 e. The molecule has 0 aliphatic carbocycles. The summed E-state index contributed by atoms with van der Waals surface area (Å²) in [5.74, 6) is -0.151. The number of rotatable bonds is 10. The molecule has 1 heterocycles. The van der Waals surface area contributed by atoms with E-state index >= 15 is 0 Å². The Labute approximate surface area is 205 Å². The topological polar surface area (TPSA) is 94.2 Å². The van der Waals surface area contributed by atoms with Crippen LogP contribution in [0.3, 0.4) is 0 Å². The van der Waals surface area contributed by atoms with E-state index in [0.717, 1.165) is 5.56 Å². The minimum Gasteiger partial charge on any atom is -0.490 e. The molecule has 1 saturated heterocycles. The number of anilines is 1. The second-order valence-corrected chi connectivity index (χ2v) is 8.03. The third-order valence-corrected chi connectivity index (χ3v) is 5.53. The minimum atomic E-state index is -0.441. The van der Waals surface area contributed by atoms with Gasteiger partial charge in [0.25, 0.3) is 5.91 Å². The number of carbonyl (C=O) groups is 3. The number of esters is 1. The molecule has 186 valence electrons. The first-order valence-electron chi connectivity index (χ1n) is 11.9. The number of hydrogen-bond donors (Lipinski definition) is 1. The largest absolute Gasteiger partial charge is 0.490 e. The van der Waals surface area contributed by atoms with Crippen LogP contribution in [0.25, 0.3) is 6.08 Å². The molecule has 8 heteroatoms. The van der Waals surface area contributed by atoms with Crippen molar-refractivity contribution in [2.45, 2.75) is 26.7 Å². The zero-order chi connectivity index (χ0) is 25.0. The molecule has 3 rings (SSSR count). The Morgan fingerprint density at radius 2 is 1.66 bits per heavy atom. The summed E-state index contributed by atoms with van der Waals surface area (Å²) >= 11 is 0. The molecule has 2 aromatic carbocycles. The molecule has 0 saturated carbocycles. The summed E-state index contributed by atoms with van der Waals surface area (Å²) < 4.78 is 16.3. The van der Waals surface area contributed by atoms with Gasteiger partial charge in [-0.05, 0) is 50.5 Å². The van der Waals surface area contributed by atoms with Crippen molar-refractivity contribution in [1.29, 1.82) is 0 Å². The van der Waals surface area contributed by atoms with E-state index in [2.05, 4.69) is 5.32 Å². The van der Waals surface area contributed by atoms with Crippen LogP contribution in [0, 0.1) is 5.92 Å². The Balaban J connectivity index is 1.42. The van der Waals surface area contributed by atoms with Crippen LogP contribution in [0.15, 0.2) is 54.6 Å². The molecule has 0 unspecified atom stereocenters. The second kappa shape index (κ2) is 13.2. The predicted octanol–water partition coefficient (Wildman–Crippen LogP) is 3.92. The quantitative estimate of drug-likeness (QED) is 0.409. The standard InChI is InChI=1S/C27H32N2O6/c1-3-33-23-12-11-22(18-24(23)34-4-2)28-25(30)19-35-27(32)21-14-16-29(17-15-21)26(31)13-10-20-8-6-5-7-9-20/h5-13,18,21H,3-4,14-17,19H2,1-2H3,(H,28,30)/b13-10+. The highest BCUT2D eigenvalue weighted by Crippen LogP contribution is 2.30. The van der Waals surface area contributed by atoms with Gasteiger partial charge in [0.15, 0.2) is 18.1 Å². The number of piperidine rings is 1. The van der Waals surface area contributed by atoms with Crippen LogP contribution in [0.1, 0.15) is 32.3 Å². The molecule has 0 aromatic heterocycles. The van der Waals surface area contributed by atoms with Gasteiger partial charge < -0.3 is 24.4 Å². The summed E-state index contributed by atoms with van der Waals surface area (Å²) in [6.45, 7) is 5.26. The molecule has 0 atom stereocenters. The zero-order valence-corrected chi connectivity index (χ0v) is 20.2. The lowest BCUT2D eigenvalue weighted by Crippen LogP contribution is -2.40. The molecular weight excluding hydrogens is 448 g/mol. The second-order valence-electron chi connectivity index (χ2n) is 8.03. The van der Waals surface area contributed by atoms with Crippen molar-refractivity contribution in [3.05, 3.63) is 60.2 Å². The van der Waals surface area contributed by atoms with E-state index in [1.54, 1.807) is 35.3 Å². The number of likely N-dealkylation sites (tertiary alicyclic amines) is 1. The fourth-order valence-corrected chi connectivity index (χ4v) is 3.75. The van der Waals surface area contributed by atoms with E-state index in [1.807, 2.05) is 44.2 Å². The number of ether oxygens (including phenoxy) is 3. The van der Waals surface area contributed by atoms with Crippen molar-refractivity contribution in [2.24, 2.45) is 5.92 Å². The summed E-state index contributed by atoms with van der Waals surface area (Å²) in [5, 5.41) is 2.71. The Morgan fingerprint density at radius 3 is 2.34 bits per heavy atom. The minimum absolute atomic E-state index is 0.0816. The molecule has 35 heavy (non-hydrogen) atoms. The van der Waals surface area contributed by atoms with Crippen LogP contribution in [-0.2, 0) is 19.1 Å². The lowest BCUT2D eigenvalue weighted by Gasteiger charge is -2.30. The van der Waals surface area contributed by atoms with E-state index in [9.17, 15) is 14.4 Å². The van der Waals surface area contributed by atoms with Crippen LogP contribution in [0.5, 0.6) is 11.5 Å². The van der Waals surface area contributed by atoms with Gasteiger partial charge in [-0.3, -0.25) is 14.4 Å². The highest BCUT2D eigenvalue weighted by Gasteiger charge is 2.28. The SMILES string of the molecule is CCOc1ccc(NC(=O)COC(=O)C2CCN(C(=O)/C=C/c3ccccc3)CC2)cc1OCC. The fraction of sp³-hybridized carbons (Fsp3) is 0.370. The van der Waals surface area contributed by atoms with Crippen LogP contribution in [0.4, 0.5) is 5.69 Å². The molecule has 0 spiro atoms. The van der Waals surface area contributed by atoms with Gasteiger partial charge in [-0.25, -0.2) is 0 Å². The van der Waals surface area contributed by atoms with Gasteiger partial charge in [-0.2, -0.15) is 0 Å². The van der Waals surface area contributed by atoms with Crippen LogP contribution in [0.2, 0.25) is 0 Å². The molecule has 2 amide bonds. The van der Waals surface area contributed by atoms with Crippen LogP contribution >= 0.6 is 0 Å². The van der Waals surface area contributed by atoms with Crippen LogP contribution in [-0.4, -0.2) is 55.6 Å². The van der Waals surface area contributed by atoms with Gasteiger partial charge in [-0.15, -0.1) is 0 Å². The Hall–Kier alpha value is -3.81. The molecule has 1 fully saturated rings. The molecule has 2 aromatic rings. The van der Waals surface area contributed by atoms with Gasteiger partial charge in [0.1, 0.15) is 0 Å². The number of nitrogens with zero attached hydrogens (tertiary/aromatic N) is 1. The van der Waals surface area contributed by atoms with E-state index < -0.39 is 11.9 Å². The average molecular weight is 481 g/mol. The Bertz CT molecular complexity index is 1030.